The van der Waals surface area contributed by atoms with Crippen molar-refractivity contribution in [3.05, 3.63) is 59.7 Å². The van der Waals surface area contributed by atoms with Gasteiger partial charge in [-0.3, -0.25) is 4.79 Å². The smallest absolute Gasteiger partial charge is 0.231 e. The number of hydrogen-bond acceptors (Lipinski definition) is 7. The SMILES string of the molecule is O=C(CSc1nnnn1Cc1ccccc1)NCc1ccc2c(c1)OCO2. The molecule has 0 saturated heterocycles. The van der Waals surface area contributed by atoms with Gasteiger partial charge in [0.2, 0.25) is 17.9 Å². The van der Waals surface area contributed by atoms with Gasteiger partial charge in [0.15, 0.2) is 11.5 Å². The second-order valence-corrected chi connectivity index (χ2v) is 6.80. The molecule has 0 saturated carbocycles. The first-order chi connectivity index (χ1) is 13.3. The number of thioether (sulfide) groups is 1. The number of tetrazole rings is 1. The Morgan fingerprint density at radius 1 is 1.11 bits per heavy atom. The number of aromatic nitrogens is 4. The van der Waals surface area contributed by atoms with Crippen LogP contribution in [-0.2, 0) is 17.9 Å². The molecule has 1 aliphatic rings. The van der Waals surface area contributed by atoms with Gasteiger partial charge >= 0.3 is 0 Å². The van der Waals surface area contributed by atoms with Gasteiger partial charge in [-0.15, -0.1) is 5.10 Å². The van der Waals surface area contributed by atoms with Crippen LogP contribution in [-0.4, -0.2) is 38.7 Å². The zero-order valence-electron chi connectivity index (χ0n) is 14.4. The molecule has 0 aliphatic carbocycles. The number of ether oxygens (including phenoxy) is 2. The third kappa shape index (κ3) is 4.37. The lowest BCUT2D eigenvalue weighted by atomic mass is 10.2. The first-order valence-corrected chi connectivity index (χ1v) is 9.34. The van der Waals surface area contributed by atoms with Crippen LogP contribution in [0.1, 0.15) is 11.1 Å². The molecule has 3 aromatic rings. The predicted molar refractivity (Wildman–Crippen MR) is 98.5 cm³/mol. The fraction of sp³-hybridized carbons (Fsp3) is 0.222. The topological polar surface area (TPSA) is 91.2 Å². The second kappa shape index (κ2) is 8.09. The maximum absolute atomic E-state index is 12.1. The van der Waals surface area contributed by atoms with E-state index in [1.807, 2.05) is 48.5 Å². The standard InChI is InChI=1S/C18H17N5O3S/c24-17(19-9-14-6-7-15-16(8-14)26-12-25-15)11-27-18-20-21-22-23(18)10-13-4-2-1-3-5-13/h1-8H,9-12H2,(H,19,24). The summed E-state index contributed by atoms with van der Waals surface area (Å²) < 4.78 is 12.3. The number of hydrogen-bond donors (Lipinski definition) is 1. The molecule has 0 spiro atoms. The molecular formula is C18H17N5O3S. The summed E-state index contributed by atoms with van der Waals surface area (Å²) in [5, 5.41) is 15.2. The molecule has 0 fully saturated rings. The number of carbonyl (C=O) groups excluding carboxylic acids is 1. The third-order valence-corrected chi connectivity index (χ3v) is 4.89. The minimum absolute atomic E-state index is 0.0908. The first-order valence-electron chi connectivity index (χ1n) is 8.36. The lowest BCUT2D eigenvalue weighted by Gasteiger charge is -2.07. The van der Waals surface area contributed by atoms with Crippen molar-refractivity contribution in [3.8, 4) is 11.5 Å². The van der Waals surface area contributed by atoms with Crippen molar-refractivity contribution in [2.45, 2.75) is 18.2 Å². The molecule has 1 aromatic heterocycles. The molecule has 1 N–H and O–H groups in total. The van der Waals surface area contributed by atoms with Gasteiger partial charge in [-0.1, -0.05) is 48.2 Å². The van der Waals surface area contributed by atoms with Crippen molar-refractivity contribution in [1.29, 1.82) is 0 Å². The number of nitrogens with zero attached hydrogens (tertiary/aromatic N) is 4. The Bertz CT molecular complexity index is 932. The summed E-state index contributed by atoms with van der Waals surface area (Å²) in [5.74, 6) is 1.58. The normalized spacial score (nSPS) is 12.1. The molecule has 138 valence electrons. The number of fused-ring (bicyclic) bond motifs is 1. The average molecular weight is 383 g/mol. The molecular weight excluding hydrogens is 366 g/mol. The highest BCUT2D eigenvalue weighted by Crippen LogP contribution is 2.32. The average Bonchev–Trinajstić information content (AvgIpc) is 3.34. The van der Waals surface area contributed by atoms with Gasteiger partial charge < -0.3 is 14.8 Å². The molecule has 2 aromatic carbocycles. The van der Waals surface area contributed by atoms with Gasteiger partial charge in [-0.25, -0.2) is 4.68 Å². The summed E-state index contributed by atoms with van der Waals surface area (Å²) in [6, 6.07) is 15.5. The van der Waals surface area contributed by atoms with Crippen LogP contribution in [0.3, 0.4) is 0 Å². The lowest BCUT2D eigenvalue weighted by Crippen LogP contribution is -2.24. The van der Waals surface area contributed by atoms with Gasteiger partial charge in [0, 0.05) is 6.54 Å². The fourth-order valence-corrected chi connectivity index (χ4v) is 3.29. The van der Waals surface area contributed by atoms with E-state index in [9.17, 15) is 4.79 Å². The van der Waals surface area contributed by atoms with Gasteiger partial charge in [0.05, 0.1) is 12.3 Å². The molecule has 1 aliphatic heterocycles. The van der Waals surface area contributed by atoms with Crippen LogP contribution in [0.4, 0.5) is 0 Å². The highest BCUT2D eigenvalue weighted by molar-refractivity contribution is 7.99. The van der Waals surface area contributed by atoms with Crippen molar-refractivity contribution in [2.75, 3.05) is 12.5 Å². The van der Waals surface area contributed by atoms with E-state index in [-0.39, 0.29) is 18.5 Å². The van der Waals surface area contributed by atoms with Crippen LogP contribution in [0.5, 0.6) is 11.5 Å². The summed E-state index contributed by atoms with van der Waals surface area (Å²) in [6.45, 7) is 1.22. The second-order valence-electron chi connectivity index (χ2n) is 5.86. The monoisotopic (exact) mass is 383 g/mol. The number of carbonyl (C=O) groups is 1. The Morgan fingerprint density at radius 3 is 2.85 bits per heavy atom. The van der Waals surface area contributed by atoms with Gasteiger partial charge in [-0.05, 0) is 33.7 Å². The van der Waals surface area contributed by atoms with Crippen LogP contribution in [0, 0.1) is 0 Å². The van der Waals surface area contributed by atoms with E-state index >= 15 is 0 Å². The van der Waals surface area contributed by atoms with Crippen molar-refractivity contribution in [2.24, 2.45) is 0 Å². The van der Waals surface area contributed by atoms with Crippen LogP contribution in [0.25, 0.3) is 0 Å². The molecule has 0 atom stereocenters. The number of amides is 1. The zero-order chi connectivity index (χ0) is 18.5. The molecule has 1 amide bonds. The molecule has 9 heteroatoms. The molecule has 0 radical (unpaired) electrons. The summed E-state index contributed by atoms with van der Waals surface area (Å²) >= 11 is 1.31. The minimum atomic E-state index is -0.0908. The molecule has 4 rings (SSSR count). The van der Waals surface area contributed by atoms with Crippen LogP contribution in [0.2, 0.25) is 0 Å². The summed E-state index contributed by atoms with van der Waals surface area (Å²) in [5.41, 5.74) is 2.05. The van der Waals surface area contributed by atoms with Crippen LogP contribution >= 0.6 is 11.8 Å². The quantitative estimate of drug-likeness (QED) is 0.623. The van der Waals surface area contributed by atoms with Gasteiger partial charge in [0.25, 0.3) is 0 Å². The van der Waals surface area contributed by atoms with E-state index in [0.29, 0.717) is 24.0 Å². The fourth-order valence-electron chi connectivity index (χ4n) is 2.59. The van der Waals surface area contributed by atoms with Gasteiger partial charge in [-0.2, -0.15) is 0 Å². The molecule has 2 heterocycles. The van der Waals surface area contributed by atoms with Crippen molar-refractivity contribution in [3.63, 3.8) is 0 Å². The minimum Gasteiger partial charge on any atom is -0.454 e. The predicted octanol–water partition coefficient (Wildman–Crippen LogP) is 1.86. The zero-order valence-corrected chi connectivity index (χ0v) is 15.2. The Labute approximate surface area is 159 Å². The molecule has 0 bridgehead atoms. The largest absolute Gasteiger partial charge is 0.454 e. The number of nitrogens with one attached hydrogen (secondary N) is 1. The Kier molecular flexibility index (Phi) is 5.20. The van der Waals surface area contributed by atoms with E-state index in [2.05, 4.69) is 20.8 Å². The first kappa shape index (κ1) is 17.3. The van der Waals surface area contributed by atoms with Gasteiger partial charge in [0.1, 0.15) is 0 Å². The molecule has 0 unspecified atom stereocenters. The van der Waals surface area contributed by atoms with E-state index in [0.717, 1.165) is 16.9 Å². The maximum Gasteiger partial charge on any atom is 0.231 e. The van der Waals surface area contributed by atoms with Crippen LogP contribution in [0.15, 0.2) is 53.7 Å². The molecule has 27 heavy (non-hydrogen) atoms. The van der Waals surface area contributed by atoms with E-state index in [4.69, 9.17) is 9.47 Å². The highest BCUT2D eigenvalue weighted by atomic mass is 32.2. The Balaban J connectivity index is 1.28. The number of rotatable bonds is 7. The van der Waals surface area contributed by atoms with E-state index in [1.165, 1.54) is 11.8 Å². The summed E-state index contributed by atoms with van der Waals surface area (Å²) in [7, 11) is 0. The summed E-state index contributed by atoms with van der Waals surface area (Å²) in [6.07, 6.45) is 0. The Hall–Kier alpha value is -3.07. The van der Waals surface area contributed by atoms with Crippen molar-refractivity contribution < 1.29 is 14.3 Å². The maximum atomic E-state index is 12.1. The van der Waals surface area contributed by atoms with E-state index in [1.54, 1.807) is 4.68 Å². The Morgan fingerprint density at radius 2 is 1.96 bits per heavy atom. The van der Waals surface area contributed by atoms with E-state index < -0.39 is 0 Å². The lowest BCUT2D eigenvalue weighted by molar-refractivity contribution is -0.118. The molecule has 8 nitrogen and oxygen atoms in total. The number of benzene rings is 2. The van der Waals surface area contributed by atoms with Crippen LogP contribution < -0.4 is 14.8 Å². The van der Waals surface area contributed by atoms with Crippen molar-refractivity contribution in [1.82, 2.24) is 25.5 Å². The third-order valence-electron chi connectivity index (χ3n) is 3.93. The highest BCUT2D eigenvalue weighted by Gasteiger charge is 2.14. The summed E-state index contributed by atoms with van der Waals surface area (Å²) in [4.78, 5) is 12.1. The van der Waals surface area contributed by atoms with Crippen molar-refractivity contribution >= 4 is 17.7 Å².